The summed E-state index contributed by atoms with van der Waals surface area (Å²) in [5.41, 5.74) is 7.13. The van der Waals surface area contributed by atoms with Gasteiger partial charge in [0.1, 0.15) is 5.75 Å². The van der Waals surface area contributed by atoms with Gasteiger partial charge in [0, 0.05) is 51.4 Å². The summed E-state index contributed by atoms with van der Waals surface area (Å²) in [7, 11) is 2.13. The first-order valence-electron chi connectivity index (χ1n) is 13.1. The minimum Gasteiger partial charge on any atom is -0.447 e. The Morgan fingerprint density at radius 1 is 0.897 bits per heavy atom. The number of hydrogen-bond acceptors (Lipinski definition) is 6. The molecule has 39 heavy (non-hydrogen) atoms. The molecule has 0 fully saturated rings. The van der Waals surface area contributed by atoms with E-state index >= 15 is 0 Å². The summed E-state index contributed by atoms with van der Waals surface area (Å²) in [6.45, 7) is 7.55. The van der Waals surface area contributed by atoms with E-state index in [4.69, 9.17) is 9.72 Å². The fourth-order valence-corrected chi connectivity index (χ4v) is 7.29. The lowest BCUT2D eigenvalue weighted by Crippen LogP contribution is -2.23. The first-order valence-corrected chi connectivity index (χ1v) is 14.8. The van der Waals surface area contributed by atoms with E-state index in [0.717, 1.165) is 28.9 Å². The first kappa shape index (κ1) is 24.2. The molecule has 0 unspecified atom stereocenters. The zero-order valence-electron chi connectivity index (χ0n) is 22.4. The van der Waals surface area contributed by atoms with E-state index in [9.17, 15) is 0 Å². The smallest absolute Gasteiger partial charge is 0.182 e. The summed E-state index contributed by atoms with van der Waals surface area (Å²) in [6, 6.07) is 28.0. The molecule has 3 aromatic heterocycles. The summed E-state index contributed by atoms with van der Waals surface area (Å²) in [6.07, 6.45) is 1.94. The highest BCUT2D eigenvalue weighted by molar-refractivity contribution is 7.21. The molecular formula is C33H29N3OS2. The van der Waals surface area contributed by atoms with E-state index < -0.39 is 0 Å². The van der Waals surface area contributed by atoms with Crippen LogP contribution in [0.3, 0.4) is 0 Å². The Balaban J connectivity index is 1.28. The average Bonchev–Trinajstić information content (AvgIpc) is 3.64. The maximum Gasteiger partial charge on any atom is 0.182 e. The second kappa shape index (κ2) is 9.11. The summed E-state index contributed by atoms with van der Waals surface area (Å²) in [5.74, 6) is 0.835. The van der Waals surface area contributed by atoms with Crippen LogP contribution in [0.1, 0.15) is 26.3 Å². The van der Waals surface area contributed by atoms with Crippen LogP contribution in [-0.2, 0) is 5.41 Å². The molecule has 0 aliphatic carbocycles. The van der Waals surface area contributed by atoms with Crippen molar-refractivity contribution in [1.82, 2.24) is 4.98 Å². The van der Waals surface area contributed by atoms with Gasteiger partial charge in [-0.15, -0.1) is 11.3 Å². The standard InChI is InChI=1S/C33H29N3OS2/c1-33(2,3)22-12-14-34-26(17-22)31-25-19-30(39-29(25)16-21-13-15-38-32(21)31)37-24-9-7-8-23(18-24)36-20-35(4)27-10-5-6-11-28(27)36/h5-19H,20H2,1-4H3. The normalized spacial score (nSPS) is 13.4. The molecule has 0 atom stereocenters. The molecule has 4 nitrogen and oxygen atoms in total. The monoisotopic (exact) mass is 547 g/mol. The van der Waals surface area contributed by atoms with Crippen LogP contribution < -0.4 is 14.5 Å². The molecule has 1 aliphatic rings. The molecule has 194 valence electrons. The molecule has 3 aromatic carbocycles. The fraction of sp³-hybridized carbons (Fsp3) is 0.182. The van der Waals surface area contributed by atoms with Crippen molar-refractivity contribution in [2.45, 2.75) is 26.2 Å². The largest absolute Gasteiger partial charge is 0.447 e. The van der Waals surface area contributed by atoms with Crippen LogP contribution in [0.15, 0.2) is 90.4 Å². The summed E-state index contributed by atoms with van der Waals surface area (Å²) < 4.78 is 8.99. The van der Waals surface area contributed by atoms with Crippen LogP contribution in [0.2, 0.25) is 0 Å². The SMILES string of the molecule is CN1CN(c2cccc(Oc3cc4c(-c5cc(C(C)(C)C)ccn5)c5sccc5cc4s3)c2)c2ccccc21. The zero-order chi connectivity index (χ0) is 26.7. The second-order valence-corrected chi connectivity index (χ2v) is 13.1. The first-order chi connectivity index (χ1) is 18.8. The highest BCUT2D eigenvalue weighted by atomic mass is 32.1. The summed E-state index contributed by atoms with van der Waals surface area (Å²) in [5, 5.41) is 5.49. The topological polar surface area (TPSA) is 28.6 Å². The van der Waals surface area contributed by atoms with E-state index in [1.165, 1.54) is 42.7 Å². The maximum atomic E-state index is 6.51. The molecule has 0 spiro atoms. The summed E-state index contributed by atoms with van der Waals surface area (Å²) in [4.78, 5) is 9.43. The van der Waals surface area contributed by atoms with Crippen molar-refractivity contribution in [2.24, 2.45) is 0 Å². The molecule has 6 heteroatoms. The Hall–Kier alpha value is -3.87. The van der Waals surface area contributed by atoms with Crippen molar-refractivity contribution in [1.29, 1.82) is 0 Å². The Morgan fingerprint density at radius 3 is 2.59 bits per heavy atom. The zero-order valence-corrected chi connectivity index (χ0v) is 24.1. The number of nitrogens with zero attached hydrogens (tertiary/aromatic N) is 3. The predicted molar refractivity (Wildman–Crippen MR) is 168 cm³/mol. The molecule has 0 amide bonds. The third kappa shape index (κ3) is 4.24. The molecule has 6 aromatic rings. The quantitative estimate of drug-likeness (QED) is 0.220. The number of pyridine rings is 1. The maximum absolute atomic E-state index is 6.51. The Bertz CT molecular complexity index is 1850. The molecule has 0 saturated carbocycles. The third-order valence-corrected chi connectivity index (χ3v) is 9.29. The van der Waals surface area contributed by atoms with Crippen LogP contribution in [-0.4, -0.2) is 18.7 Å². The predicted octanol–water partition coefficient (Wildman–Crippen LogP) is 9.81. The lowest BCUT2D eigenvalue weighted by Gasteiger charge is -2.20. The van der Waals surface area contributed by atoms with Crippen LogP contribution in [0.5, 0.6) is 10.8 Å². The Labute approximate surface area is 236 Å². The summed E-state index contributed by atoms with van der Waals surface area (Å²) >= 11 is 3.46. The van der Waals surface area contributed by atoms with E-state index in [1.54, 1.807) is 22.7 Å². The van der Waals surface area contributed by atoms with E-state index in [-0.39, 0.29) is 5.41 Å². The van der Waals surface area contributed by atoms with Crippen LogP contribution >= 0.6 is 22.7 Å². The van der Waals surface area contributed by atoms with Crippen LogP contribution in [0.25, 0.3) is 31.4 Å². The highest BCUT2D eigenvalue weighted by Gasteiger charge is 2.24. The van der Waals surface area contributed by atoms with Gasteiger partial charge in [-0.05, 0) is 70.3 Å². The molecule has 0 radical (unpaired) electrons. The Morgan fingerprint density at radius 2 is 1.74 bits per heavy atom. The number of aromatic nitrogens is 1. The van der Waals surface area contributed by atoms with Gasteiger partial charge < -0.3 is 14.5 Å². The molecule has 0 N–H and O–H groups in total. The second-order valence-electron chi connectivity index (χ2n) is 11.1. The number of benzene rings is 3. The van der Waals surface area contributed by atoms with E-state index in [2.05, 4.69) is 116 Å². The molecule has 0 bridgehead atoms. The van der Waals surface area contributed by atoms with Gasteiger partial charge in [0.25, 0.3) is 0 Å². The van der Waals surface area contributed by atoms with Crippen molar-refractivity contribution in [3.8, 4) is 22.1 Å². The van der Waals surface area contributed by atoms with Crippen molar-refractivity contribution in [3.63, 3.8) is 0 Å². The highest BCUT2D eigenvalue weighted by Crippen LogP contribution is 2.46. The average molecular weight is 548 g/mol. The van der Waals surface area contributed by atoms with Gasteiger partial charge in [-0.3, -0.25) is 4.98 Å². The van der Waals surface area contributed by atoms with Gasteiger partial charge in [-0.2, -0.15) is 0 Å². The molecule has 4 heterocycles. The number of hydrogen-bond donors (Lipinski definition) is 0. The minimum atomic E-state index is 0.0543. The van der Waals surface area contributed by atoms with E-state index in [1.807, 2.05) is 12.3 Å². The number of fused-ring (bicyclic) bond motifs is 3. The number of anilines is 3. The number of ether oxygens (including phenoxy) is 1. The Kier molecular flexibility index (Phi) is 5.65. The minimum absolute atomic E-state index is 0.0543. The third-order valence-electron chi connectivity index (χ3n) is 7.38. The van der Waals surface area contributed by atoms with Gasteiger partial charge in [0.2, 0.25) is 0 Å². The molecule has 7 rings (SSSR count). The molecule has 0 saturated heterocycles. The lowest BCUT2D eigenvalue weighted by atomic mass is 9.86. The van der Waals surface area contributed by atoms with Gasteiger partial charge in [-0.1, -0.05) is 50.3 Å². The van der Waals surface area contributed by atoms with Gasteiger partial charge in [0.15, 0.2) is 5.06 Å². The van der Waals surface area contributed by atoms with Gasteiger partial charge in [0.05, 0.1) is 23.7 Å². The molecular weight excluding hydrogens is 519 g/mol. The fourth-order valence-electron chi connectivity index (χ4n) is 5.35. The molecule has 1 aliphatic heterocycles. The van der Waals surface area contributed by atoms with Crippen LogP contribution in [0.4, 0.5) is 17.1 Å². The number of thiophene rings is 2. The number of para-hydroxylation sites is 2. The lowest BCUT2D eigenvalue weighted by molar-refractivity contribution is 0.497. The van der Waals surface area contributed by atoms with Crippen molar-refractivity contribution in [2.75, 3.05) is 23.5 Å². The van der Waals surface area contributed by atoms with Crippen molar-refractivity contribution >= 4 is 59.9 Å². The van der Waals surface area contributed by atoms with Gasteiger partial charge >= 0.3 is 0 Å². The number of rotatable bonds is 4. The van der Waals surface area contributed by atoms with Crippen molar-refractivity contribution in [3.05, 3.63) is 96.0 Å². The van der Waals surface area contributed by atoms with Crippen molar-refractivity contribution < 1.29 is 4.74 Å². The van der Waals surface area contributed by atoms with Crippen LogP contribution in [0, 0.1) is 0 Å². The van der Waals surface area contributed by atoms with E-state index in [0.29, 0.717) is 0 Å². The van der Waals surface area contributed by atoms with Gasteiger partial charge in [-0.25, -0.2) is 0 Å².